The molecule has 0 saturated carbocycles. The summed E-state index contributed by atoms with van der Waals surface area (Å²) in [5.41, 5.74) is 0.447. The van der Waals surface area contributed by atoms with Gasteiger partial charge in [-0.05, 0) is 65.4 Å². The maximum atomic E-state index is 13.7. The Labute approximate surface area is 164 Å². The van der Waals surface area contributed by atoms with Crippen molar-refractivity contribution in [2.45, 2.75) is 6.92 Å². The summed E-state index contributed by atoms with van der Waals surface area (Å²) in [5.74, 6) is -0.172. The van der Waals surface area contributed by atoms with Crippen LogP contribution in [-0.2, 0) is 4.79 Å². The summed E-state index contributed by atoms with van der Waals surface area (Å²) in [6, 6.07) is 11.0. The molecule has 0 aliphatic heterocycles. The zero-order valence-electron chi connectivity index (χ0n) is 14.2. The molecule has 0 radical (unpaired) electrons. The number of para-hydroxylation sites is 1. The number of amides is 1. The lowest BCUT2D eigenvalue weighted by molar-refractivity contribution is -0.112. The molecule has 0 bridgehead atoms. The predicted octanol–water partition coefficient (Wildman–Crippen LogP) is 4.38. The number of hydrogen-bond acceptors (Lipinski definition) is 4. The van der Waals surface area contributed by atoms with Crippen LogP contribution in [0, 0.1) is 20.7 Å². The molecule has 1 amide bonds. The second-order valence-corrected chi connectivity index (χ2v) is 6.23. The van der Waals surface area contributed by atoms with Gasteiger partial charge in [-0.1, -0.05) is 12.1 Å². The second kappa shape index (κ2) is 9.20. The van der Waals surface area contributed by atoms with Crippen LogP contribution in [0.25, 0.3) is 6.08 Å². The first-order valence-corrected chi connectivity index (χ1v) is 8.76. The number of hydrogen-bond donors (Lipinski definition) is 1. The Balaban J connectivity index is 2.34. The summed E-state index contributed by atoms with van der Waals surface area (Å²) < 4.78 is 25.3. The van der Waals surface area contributed by atoms with Crippen LogP contribution in [0.5, 0.6) is 11.5 Å². The number of benzene rings is 2. The lowest BCUT2D eigenvalue weighted by atomic mass is 10.1. The number of carbonyl (C=O) groups excluding carboxylic acids is 1. The van der Waals surface area contributed by atoms with Gasteiger partial charge in [0.1, 0.15) is 17.5 Å². The maximum Gasteiger partial charge on any atom is 0.266 e. The first-order chi connectivity index (χ1) is 12.5. The largest absolute Gasteiger partial charge is 0.493 e. The van der Waals surface area contributed by atoms with Crippen LogP contribution in [0.4, 0.5) is 10.1 Å². The summed E-state index contributed by atoms with van der Waals surface area (Å²) in [4.78, 5) is 12.3. The molecule has 0 unspecified atom stereocenters. The van der Waals surface area contributed by atoms with Gasteiger partial charge in [-0.15, -0.1) is 0 Å². The molecule has 134 valence electrons. The van der Waals surface area contributed by atoms with Gasteiger partial charge >= 0.3 is 0 Å². The summed E-state index contributed by atoms with van der Waals surface area (Å²) in [6.45, 7) is 2.35. The van der Waals surface area contributed by atoms with E-state index in [-0.39, 0.29) is 11.3 Å². The van der Waals surface area contributed by atoms with E-state index in [1.54, 1.807) is 18.2 Å². The number of anilines is 1. The average Bonchev–Trinajstić information content (AvgIpc) is 2.63. The van der Waals surface area contributed by atoms with Gasteiger partial charge in [-0.2, -0.15) is 5.26 Å². The van der Waals surface area contributed by atoms with Gasteiger partial charge in [0.25, 0.3) is 5.91 Å². The maximum absolute atomic E-state index is 13.7. The summed E-state index contributed by atoms with van der Waals surface area (Å²) in [5, 5.41) is 11.7. The Morgan fingerprint density at radius 2 is 2.12 bits per heavy atom. The van der Waals surface area contributed by atoms with Crippen molar-refractivity contribution in [3.05, 3.63) is 56.9 Å². The van der Waals surface area contributed by atoms with E-state index in [1.807, 2.05) is 13.0 Å². The number of rotatable bonds is 6. The van der Waals surface area contributed by atoms with Crippen LogP contribution >= 0.6 is 22.6 Å². The van der Waals surface area contributed by atoms with Gasteiger partial charge in [-0.25, -0.2) is 4.39 Å². The zero-order chi connectivity index (χ0) is 19.1. The molecule has 0 aliphatic carbocycles. The first-order valence-electron chi connectivity index (χ1n) is 7.68. The third kappa shape index (κ3) is 4.73. The van der Waals surface area contributed by atoms with E-state index in [4.69, 9.17) is 9.47 Å². The van der Waals surface area contributed by atoms with E-state index in [0.717, 1.165) is 3.57 Å². The first kappa shape index (κ1) is 19.7. The fraction of sp³-hybridized carbons (Fsp3) is 0.158. The molecule has 0 aromatic heterocycles. The quantitative estimate of drug-likeness (QED) is 0.390. The highest BCUT2D eigenvalue weighted by Crippen LogP contribution is 2.34. The molecule has 7 heteroatoms. The number of methoxy groups -OCH3 is 1. The van der Waals surface area contributed by atoms with Gasteiger partial charge in [0.05, 0.1) is 23.0 Å². The van der Waals surface area contributed by atoms with Crippen LogP contribution in [-0.4, -0.2) is 19.6 Å². The molecule has 0 atom stereocenters. The zero-order valence-corrected chi connectivity index (χ0v) is 16.3. The van der Waals surface area contributed by atoms with Gasteiger partial charge < -0.3 is 14.8 Å². The Morgan fingerprint density at radius 1 is 1.38 bits per heavy atom. The molecule has 0 aliphatic rings. The number of nitrogens with zero attached hydrogens (tertiary/aromatic N) is 1. The Kier molecular flexibility index (Phi) is 6.97. The van der Waals surface area contributed by atoms with Crippen LogP contribution in [0.1, 0.15) is 12.5 Å². The predicted molar refractivity (Wildman–Crippen MR) is 105 cm³/mol. The fourth-order valence-electron chi connectivity index (χ4n) is 2.18. The van der Waals surface area contributed by atoms with Crippen molar-refractivity contribution in [2.75, 3.05) is 19.0 Å². The number of carbonyl (C=O) groups is 1. The average molecular weight is 466 g/mol. The molecule has 5 nitrogen and oxygen atoms in total. The van der Waals surface area contributed by atoms with E-state index in [0.29, 0.717) is 23.7 Å². The summed E-state index contributed by atoms with van der Waals surface area (Å²) in [7, 11) is 1.51. The van der Waals surface area contributed by atoms with Crippen molar-refractivity contribution in [3.8, 4) is 17.6 Å². The van der Waals surface area contributed by atoms with Gasteiger partial charge in [0, 0.05) is 0 Å². The Bertz CT molecular complexity index is 891. The molecule has 0 saturated heterocycles. The van der Waals surface area contributed by atoms with Gasteiger partial charge in [0.15, 0.2) is 11.5 Å². The van der Waals surface area contributed by atoms with E-state index in [1.165, 1.54) is 31.4 Å². The van der Waals surface area contributed by atoms with E-state index in [9.17, 15) is 14.4 Å². The number of halogens is 2. The highest BCUT2D eigenvalue weighted by molar-refractivity contribution is 14.1. The minimum Gasteiger partial charge on any atom is -0.493 e. The SMILES string of the molecule is CCOc1c(I)cc(/C=C(\C#N)C(=O)Nc2ccccc2F)cc1OC. The molecule has 2 aromatic rings. The number of nitrogens with one attached hydrogen (secondary N) is 1. The fourth-order valence-corrected chi connectivity index (χ4v) is 2.96. The van der Waals surface area contributed by atoms with Gasteiger partial charge in [-0.3, -0.25) is 4.79 Å². The summed E-state index contributed by atoms with van der Waals surface area (Å²) >= 11 is 2.09. The van der Waals surface area contributed by atoms with Crippen LogP contribution in [0.15, 0.2) is 42.0 Å². The minimum absolute atomic E-state index is 0.0116. The molecule has 26 heavy (non-hydrogen) atoms. The van der Waals surface area contributed by atoms with Crippen molar-refractivity contribution in [1.29, 1.82) is 5.26 Å². The van der Waals surface area contributed by atoms with E-state index < -0.39 is 11.7 Å². The molecule has 1 N–H and O–H groups in total. The third-order valence-corrected chi connectivity index (χ3v) is 4.14. The normalized spacial score (nSPS) is 10.8. The highest BCUT2D eigenvalue weighted by atomic mass is 127. The highest BCUT2D eigenvalue weighted by Gasteiger charge is 2.14. The Hall–Kier alpha value is -2.60. The van der Waals surface area contributed by atoms with Crippen molar-refractivity contribution in [1.82, 2.24) is 0 Å². The topological polar surface area (TPSA) is 71.3 Å². The van der Waals surface area contributed by atoms with Crippen LogP contribution in [0.2, 0.25) is 0 Å². The van der Waals surface area contributed by atoms with Crippen molar-refractivity contribution < 1.29 is 18.7 Å². The molecular formula is C19H16FIN2O3. The summed E-state index contributed by atoms with van der Waals surface area (Å²) in [6.07, 6.45) is 1.41. The van der Waals surface area contributed by atoms with Crippen molar-refractivity contribution in [2.24, 2.45) is 0 Å². The molecular weight excluding hydrogens is 450 g/mol. The van der Waals surface area contributed by atoms with Crippen LogP contribution in [0.3, 0.4) is 0 Å². The lowest BCUT2D eigenvalue weighted by Crippen LogP contribution is -2.14. The third-order valence-electron chi connectivity index (χ3n) is 3.34. The molecule has 0 fully saturated rings. The molecule has 2 aromatic carbocycles. The number of ether oxygens (including phenoxy) is 2. The lowest BCUT2D eigenvalue weighted by Gasteiger charge is -2.12. The molecule has 0 heterocycles. The Morgan fingerprint density at radius 3 is 2.73 bits per heavy atom. The van der Waals surface area contributed by atoms with Crippen molar-refractivity contribution >= 4 is 40.3 Å². The monoisotopic (exact) mass is 466 g/mol. The van der Waals surface area contributed by atoms with E-state index >= 15 is 0 Å². The molecule has 0 spiro atoms. The smallest absolute Gasteiger partial charge is 0.266 e. The standard InChI is InChI=1S/C19H16FIN2O3/c1-3-26-18-15(21)9-12(10-17(18)25-2)8-13(11-22)19(24)23-16-7-5-4-6-14(16)20/h4-10H,3H2,1-2H3,(H,23,24)/b13-8+. The minimum atomic E-state index is -0.694. The van der Waals surface area contributed by atoms with Crippen LogP contribution < -0.4 is 14.8 Å². The molecule has 2 rings (SSSR count). The number of nitriles is 1. The second-order valence-electron chi connectivity index (χ2n) is 5.07. The van der Waals surface area contributed by atoms with Gasteiger partial charge in [0.2, 0.25) is 0 Å². The van der Waals surface area contributed by atoms with E-state index in [2.05, 4.69) is 27.9 Å². The van der Waals surface area contributed by atoms with Crippen molar-refractivity contribution in [3.63, 3.8) is 0 Å².